The fourth-order valence-electron chi connectivity index (χ4n) is 6.40. The SMILES string of the molecule is CC1(C)CC2CC(C)(CN2C(=O)c2cc3n(n2)CCN(Cc2cccc(C(F)(F)F)c2)C3=O)C1. The summed E-state index contributed by atoms with van der Waals surface area (Å²) in [6.07, 6.45) is -1.43. The Kier molecular flexibility index (Phi) is 5.11. The fourth-order valence-corrected chi connectivity index (χ4v) is 6.40. The molecule has 2 aromatic rings. The Morgan fingerprint density at radius 3 is 2.65 bits per heavy atom. The number of hydrogen-bond acceptors (Lipinski definition) is 3. The highest BCUT2D eigenvalue weighted by Crippen LogP contribution is 2.52. The van der Waals surface area contributed by atoms with Gasteiger partial charge in [-0.25, -0.2) is 0 Å². The molecule has 1 aromatic carbocycles. The number of fused-ring (bicyclic) bond motifs is 3. The molecule has 3 heterocycles. The van der Waals surface area contributed by atoms with E-state index in [0.29, 0.717) is 30.9 Å². The molecule has 3 aliphatic rings. The van der Waals surface area contributed by atoms with Crippen molar-refractivity contribution in [2.24, 2.45) is 10.8 Å². The molecular weight excluding hydrogens is 445 g/mol. The van der Waals surface area contributed by atoms with E-state index in [-0.39, 0.29) is 40.9 Å². The number of alkyl halides is 3. The Labute approximate surface area is 196 Å². The smallest absolute Gasteiger partial charge is 0.334 e. The summed E-state index contributed by atoms with van der Waals surface area (Å²) in [7, 11) is 0. The van der Waals surface area contributed by atoms with Crippen LogP contribution in [0.25, 0.3) is 0 Å². The van der Waals surface area contributed by atoms with E-state index in [1.807, 2.05) is 4.90 Å². The quantitative estimate of drug-likeness (QED) is 0.654. The summed E-state index contributed by atoms with van der Waals surface area (Å²) in [6, 6.07) is 6.73. The first kappa shape index (κ1) is 22.9. The summed E-state index contributed by atoms with van der Waals surface area (Å²) in [5, 5.41) is 4.44. The van der Waals surface area contributed by atoms with Gasteiger partial charge >= 0.3 is 6.18 Å². The molecule has 1 saturated heterocycles. The third-order valence-electron chi connectivity index (χ3n) is 7.39. The normalized spacial score (nSPS) is 26.1. The number of benzene rings is 1. The second-order valence-electron chi connectivity index (χ2n) is 11.2. The Bertz CT molecular complexity index is 1160. The van der Waals surface area contributed by atoms with Crippen molar-refractivity contribution in [2.45, 2.75) is 65.3 Å². The highest BCUT2D eigenvalue weighted by molar-refractivity contribution is 5.98. The average Bonchev–Trinajstić information content (AvgIpc) is 3.27. The minimum atomic E-state index is -4.43. The lowest BCUT2D eigenvalue weighted by Crippen LogP contribution is -2.39. The molecule has 34 heavy (non-hydrogen) atoms. The van der Waals surface area contributed by atoms with Gasteiger partial charge in [-0.3, -0.25) is 14.3 Å². The predicted molar refractivity (Wildman–Crippen MR) is 119 cm³/mol. The van der Waals surface area contributed by atoms with Crippen molar-refractivity contribution in [3.8, 4) is 0 Å². The lowest BCUT2D eigenvalue weighted by atomic mass is 9.65. The number of nitrogens with zero attached hydrogens (tertiary/aromatic N) is 4. The first-order valence-corrected chi connectivity index (χ1v) is 11.7. The molecule has 9 heteroatoms. The number of amides is 2. The zero-order valence-electron chi connectivity index (χ0n) is 19.7. The maximum Gasteiger partial charge on any atom is 0.416 e. The van der Waals surface area contributed by atoms with Crippen LogP contribution in [0.5, 0.6) is 0 Å². The van der Waals surface area contributed by atoms with Crippen molar-refractivity contribution < 1.29 is 22.8 Å². The monoisotopic (exact) mass is 474 g/mol. The molecule has 182 valence electrons. The van der Waals surface area contributed by atoms with Crippen molar-refractivity contribution in [1.29, 1.82) is 0 Å². The molecule has 2 fully saturated rings. The van der Waals surface area contributed by atoms with Crippen molar-refractivity contribution in [3.05, 3.63) is 52.8 Å². The Balaban J connectivity index is 1.33. The highest BCUT2D eigenvalue weighted by atomic mass is 19.4. The van der Waals surface area contributed by atoms with Crippen molar-refractivity contribution >= 4 is 11.8 Å². The second kappa shape index (κ2) is 7.58. The molecule has 0 radical (unpaired) electrons. The topological polar surface area (TPSA) is 58.4 Å². The highest BCUT2D eigenvalue weighted by Gasteiger charge is 2.51. The minimum absolute atomic E-state index is 0.0683. The van der Waals surface area contributed by atoms with Gasteiger partial charge in [-0.2, -0.15) is 18.3 Å². The molecular formula is C25H29F3N4O2. The van der Waals surface area contributed by atoms with Crippen LogP contribution >= 0.6 is 0 Å². The lowest BCUT2D eigenvalue weighted by molar-refractivity contribution is -0.137. The lowest BCUT2D eigenvalue weighted by Gasteiger charge is -2.39. The first-order valence-electron chi connectivity index (χ1n) is 11.7. The summed E-state index contributed by atoms with van der Waals surface area (Å²) in [5.41, 5.74) is 0.514. The fraction of sp³-hybridized carbons (Fsp3) is 0.560. The van der Waals surface area contributed by atoms with Gasteiger partial charge in [0.25, 0.3) is 11.8 Å². The van der Waals surface area contributed by atoms with Crippen LogP contribution in [0.3, 0.4) is 0 Å². The average molecular weight is 475 g/mol. The Morgan fingerprint density at radius 2 is 1.91 bits per heavy atom. The molecule has 2 aliphatic heterocycles. The minimum Gasteiger partial charge on any atom is -0.334 e. The Hall–Kier alpha value is -2.84. The molecule has 2 unspecified atom stereocenters. The van der Waals surface area contributed by atoms with Crippen LogP contribution in [0.1, 0.15) is 72.1 Å². The van der Waals surface area contributed by atoms with Crippen LogP contribution in [-0.2, 0) is 19.3 Å². The predicted octanol–water partition coefficient (Wildman–Crippen LogP) is 4.60. The molecule has 6 nitrogen and oxygen atoms in total. The van der Waals surface area contributed by atoms with Crippen LogP contribution in [0, 0.1) is 10.8 Å². The van der Waals surface area contributed by atoms with Gasteiger partial charge in [-0.05, 0) is 47.8 Å². The number of hydrogen-bond donors (Lipinski definition) is 0. The summed E-state index contributed by atoms with van der Waals surface area (Å²) >= 11 is 0. The second-order valence-corrected chi connectivity index (χ2v) is 11.2. The summed E-state index contributed by atoms with van der Waals surface area (Å²) in [5.74, 6) is -0.478. The van der Waals surface area contributed by atoms with Gasteiger partial charge < -0.3 is 9.80 Å². The van der Waals surface area contributed by atoms with Crippen molar-refractivity contribution in [2.75, 3.05) is 13.1 Å². The van der Waals surface area contributed by atoms with Crippen LogP contribution in [0.2, 0.25) is 0 Å². The van der Waals surface area contributed by atoms with Crippen molar-refractivity contribution in [3.63, 3.8) is 0 Å². The molecule has 0 spiro atoms. The van der Waals surface area contributed by atoms with E-state index in [2.05, 4.69) is 25.9 Å². The number of likely N-dealkylation sites (tertiary alicyclic amines) is 1. The number of halogens is 3. The van der Waals surface area contributed by atoms with Crippen LogP contribution in [-0.4, -0.2) is 50.5 Å². The molecule has 5 rings (SSSR count). The van der Waals surface area contributed by atoms with Gasteiger partial charge in [0.1, 0.15) is 5.69 Å². The van der Waals surface area contributed by atoms with Gasteiger partial charge in [-0.1, -0.05) is 32.9 Å². The van der Waals surface area contributed by atoms with E-state index in [4.69, 9.17) is 0 Å². The molecule has 2 atom stereocenters. The van der Waals surface area contributed by atoms with Gasteiger partial charge in [0.2, 0.25) is 0 Å². The molecule has 1 aromatic heterocycles. The molecule has 1 saturated carbocycles. The maximum atomic E-state index is 13.4. The molecule has 2 bridgehead atoms. The largest absolute Gasteiger partial charge is 0.416 e. The third kappa shape index (κ3) is 4.09. The number of carbonyl (C=O) groups excluding carboxylic acids is 2. The summed E-state index contributed by atoms with van der Waals surface area (Å²) < 4.78 is 40.7. The third-order valence-corrected chi connectivity index (χ3v) is 7.39. The van der Waals surface area contributed by atoms with E-state index in [9.17, 15) is 22.8 Å². The molecule has 0 N–H and O–H groups in total. The first-order chi connectivity index (χ1) is 15.8. The number of carbonyl (C=O) groups is 2. The molecule has 2 amide bonds. The van der Waals surface area contributed by atoms with Crippen LogP contribution < -0.4 is 0 Å². The molecule has 1 aliphatic carbocycles. The summed E-state index contributed by atoms with van der Waals surface area (Å²) in [4.78, 5) is 29.9. The zero-order chi connectivity index (χ0) is 24.5. The maximum absolute atomic E-state index is 13.4. The standard InChI is InChI=1S/C25H29F3N4O2/c1-23(2)11-18-12-24(3,14-23)15-31(18)21(33)19-10-20-22(34)30(7-8-32(20)29-19)13-16-5-4-6-17(9-16)25(26,27)28/h4-6,9-10,18H,7-8,11-15H2,1-3H3. The zero-order valence-corrected chi connectivity index (χ0v) is 19.7. The van der Waals surface area contributed by atoms with Gasteiger partial charge in [0.05, 0.1) is 12.1 Å². The van der Waals surface area contributed by atoms with Gasteiger partial charge in [0.15, 0.2) is 5.69 Å². The van der Waals surface area contributed by atoms with E-state index in [1.165, 1.54) is 11.0 Å². The van der Waals surface area contributed by atoms with E-state index in [1.54, 1.807) is 16.8 Å². The van der Waals surface area contributed by atoms with E-state index in [0.717, 1.165) is 31.4 Å². The van der Waals surface area contributed by atoms with Crippen LogP contribution in [0.15, 0.2) is 30.3 Å². The van der Waals surface area contributed by atoms with Crippen LogP contribution in [0.4, 0.5) is 13.2 Å². The van der Waals surface area contributed by atoms with E-state index < -0.39 is 11.7 Å². The van der Waals surface area contributed by atoms with Gasteiger partial charge in [0, 0.05) is 31.7 Å². The number of rotatable bonds is 3. The van der Waals surface area contributed by atoms with Crippen molar-refractivity contribution in [1.82, 2.24) is 19.6 Å². The summed E-state index contributed by atoms with van der Waals surface area (Å²) in [6.45, 7) is 8.20. The Morgan fingerprint density at radius 1 is 1.15 bits per heavy atom. The number of aromatic nitrogens is 2. The van der Waals surface area contributed by atoms with E-state index >= 15 is 0 Å². The van der Waals surface area contributed by atoms with Gasteiger partial charge in [-0.15, -0.1) is 0 Å².